The van der Waals surface area contributed by atoms with Gasteiger partial charge in [0.2, 0.25) is 0 Å². The molecule has 3 nitrogen and oxygen atoms in total. The molecule has 0 saturated carbocycles. The predicted octanol–water partition coefficient (Wildman–Crippen LogP) is 4.41. The van der Waals surface area contributed by atoms with Crippen LogP contribution in [0.1, 0.15) is 50.9 Å². The average molecular weight is 276 g/mol. The smallest absolute Gasteiger partial charge is 0.185 e. The first-order chi connectivity index (χ1) is 9.65. The molecule has 0 fully saturated rings. The fourth-order valence-corrected chi connectivity index (χ4v) is 1.93. The minimum absolute atomic E-state index is 0.0210. The average Bonchev–Trinajstić information content (AvgIpc) is 2.46. The Hall–Kier alpha value is -1.77. The molecule has 0 radical (unpaired) electrons. The lowest BCUT2D eigenvalue weighted by Crippen LogP contribution is -2.02. The Kier molecular flexibility index (Phi) is 6.85. The van der Waals surface area contributed by atoms with Crippen LogP contribution in [-0.2, 0) is 0 Å². The van der Waals surface area contributed by atoms with Crippen LogP contribution in [-0.4, -0.2) is 19.0 Å². The van der Waals surface area contributed by atoms with Crippen LogP contribution in [0, 0.1) is 0 Å². The van der Waals surface area contributed by atoms with Gasteiger partial charge in [-0.25, -0.2) is 0 Å². The quantitative estimate of drug-likeness (QED) is 0.521. The number of hydrogen-bond donors (Lipinski definition) is 0. The molecule has 0 N–H and O–H groups in total. The van der Waals surface area contributed by atoms with Crippen LogP contribution in [0.25, 0.3) is 0 Å². The van der Waals surface area contributed by atoms with E-state index in [0.29, 0.717) is 30.3 Å². The van der Waals surface area contributed by atoms with Crippen LogP contribution in [0.15, 0.2) is 29.8 Å². The summed E-state index contributed by atoms with van der Waals surface area (Å²) in [4.78, 5) is 12.2. The van der Waals surface area contributed by atoms with Gasteiger partial charge in [-0.1, -0.05) is 19.4 Å². The molecule has 0 aromatic heterocycles. The van der Waals surface area contributed by atoms with E-state index in [9.17, 15) is 4.79 Å². The molecule has 0 spiro atoms. The molecule has 1 rings (SSSR count). The van der Waals surface area contributed by atoms with Crippen molar-refractivity contribution in [2.24, 2.45) is 0 Å². The van der Waals surface area contributed by atoms with Crippen molar-refractivity contribution >= 4 is 5.78 Å². The van der Waals surface area contributed by atoms with E-state index in [-0.39, 0.29) is 5.78 Å². The molecule has 0 aliphatic heterocycles. The monoisotopic (exact) mass is 276 g/mol. The summed E-state index contributed by atoms with van der Waals surface area (Å²) in [6.07, 6.45) is 3.53. The lowest BCUT2D eigenvalue weighted by atomic mass is 10.0. The summed E-state index contributed by atoms with van der Waals surface area (Å²) in [5.41, 5.74) is 1.79. The largest absolute Gasteiger partial charge is 0.490 e. The van der Waals surface area contributed by atoms with Crippen molar-refractivity contribution < 1.29 is 14.3 Å². The van der Waals surface area contributed by atoms with E-state index < -0.39 is 0 Å². The van der Waals surface area contributed by atoms with Gasteiger partial charge in [0.05, 0.1) is 13.2 Å². The number of rotatable bonds is 8. The maximum atomic E-state index is 12.2. The molecule has 1 aromatic rings. The Morgan fingerprint density at radius 1 is 1.00 bits per heavy atom. The third-order valence-electron chi connectivity index (χ3n) is 3.07. The molecule has 0 aliphatic rings. The van der Waals surface area contributed by atoms with E-state index in [0.717, 1.165) is 18.4 Å². The van der Waals surface area contributed by atoms with Gasteiger partial charge in [0.15, 0.2) is 17.3 Å². The normalized spacial score (nSPS) is 10.0. The van der Waals surface area contributed by atoms with Gasteiger partial charge in [-0.15, -0.1) is 0 Å². The van der Waals surface area contributed by atoms with Gasteiger partial charge < -0.3 is 9.47 Å². The maximum Gasteiger partial charge on any atom is 0.185 e. The van der Waals surface area contributed by atoms with E-state index in [1.807, 2.05) is 13.8 Å². The topological polar surface area (TPSA) is 35.5 Å². The van der Waals surface area contributed by atoms with E-state index >= 15 is 0 Å². The zero-order valence-electron chi connectivity index (χ0n) is 12.9. The van der Waals surface area contributed by atoms with Gasteiger partial charge in [-0.3, -0.25) is 4.79 Å². The number of hydrogen-bond acceptors (Lipinski definition) is 3. The molecular formula is C17H24O3. The Balaban J connectivity index is 3.04. The summed E-state index contributed by atoms with van der Waals surface area (Å²) in [6, 6.07) is 5.35. The molecule has 110 valence electrons. The van der Waals surface area contributed by atoms with Crippen molar-refractivity contribution in [3.05, 3.63) is 35.4 Å². The molecule has 3 heteroatoms. The number of benzene rings is 1. The molecule has 0 unspecified atom stereocenters. The van der Waals surface area contributed by atoms with Crippen LogP contribution in [0.2, 0.25) is 0 Å². The first-order valence-corrected chi connectivity index (χ1v) is 7.29. The highest BCUT2D eigenvalue weighted by molar-refractivity contribution is 6.05. The minimum atomic E-state index is 0.0210. The van der Waals surface area contributed by atoms with Crippen LogP contribution >= 0.6 is 0 Å². The van der Waals surface area contributed by atoms with Gasteiger partial charge in [0, 0.05) is 5.56 Å². The minimum Gasteiger partial charge on any atom is -0.490 e. The van der Waals surface area contributed by atoms with Crippen LogP contribution in [0.3, 0.4) is 0 Å². The molecule has 0 amide bonds. The van der Waals surface area contributed by atoms with Crippen molar-refractivity contribution in [1.29, 1.82) is 0 Å². The zero-order valence-corrected chi connectivity index (χ0v) is 12.9. The summed E-state index contributed by atoms with van der Waals surface area (Å²) >= 11 is 0. The van der Waals surface area contributed by atoms with Crippen molar-refractivity contribution in [3.8, 4) is 11.5 Å². The Bertz CT molecular complexity index is 469. The van der Waals surface area contributed by atoms with Crippen LogP contribution < -0.4 is 9.47 Å². The molecule has 1 aromatic carbocycles. The van der Waals surface area contributed by atoms with Gasteiger partial charge in [-0.05, 0) is 51.0 Å². The Morgan fingerprint density at radius 3 is 2.15 bits per heavy atom. The lowest BCUT2D eigenvalue weighted by molar-refractivity contribution is 0.104. The highest BCUT2D eigenvalue weighted by Gasteiger charge is 2.10. The van der Waals surface area contributed by atoms with Gasteiger partial charge in [0.1, 0.15) is 0 Å². The number of carbonyl (C=O) groups is 1. The third-order valence-corrected chi connectivity index (χ3v) is 3.07. The van der Waals surface area contributed by atoms with Crippen molar-refractivity contribution in [2.75, 3.05) is 13.2 Å². The fraction of sp³-hybridized carbons (Fsp3) is 0.471. The first kappa shape index (κ1) is 16.3. The van der Waals surface area contributed by atoms with Crippen molar-refractivity contribution in [3.63, 3.8) is 0 Å². The highest BCUT2D eigenvalue weighted by Crippen LogP contribution is 2.29. The van der Waals surface area contributed by atoms with Crippen molar-refractivity contribution in [1.82, 2.24) is 0 Å². The molecular weight excluding hydrogens is 252 g/mol. The Labute approximate surface area is 121 Å². The number of ketones is 1. The molecule has 0 heterocycles. The second-order valence-electron chi connectivity index (χ2n) is 4.40. The first-order valence-electron chi connectivity index (χ1n) is 7.29. The summed E-state index contributed by atoms with van der Waals surface area (Å²) in [5, 5.41) is 0. The molecule has 20 heavy (non-hydrogen) atoms. The second-order valence-corrected chi connectivity index (χ2v) is 4.40. The SMILES string of the molecule is CCOc1ccc(C(=O)C=C(CC)CC)cc1OCC. The van der Waals surface area contributed by atoms with E-state index in [2.05, 4.69) is 13.8 Å². The maximum absolute atomic E-state index is 12.2. The number of allylic oxidation sites excluding steroid dienone is 2. The molecule has 0 saturated heterocycles. The second kappa shape index (κ2) is 8.41. The molecule has 0 atom stereocenters. The summed E-state index contributed by atoms with van der Waals surface area (Å²) in [7, 11) is 0. The Morgan fingerprint density at radius 2 is 1.60 bits per heavy atom. The standard InChI is InChI=1S/C17H24O3/c1-5-13(6-2)11-15(18)14-9-10-16(19-7-3)17(12-14)20-8-4/h9-12H,5-8H2,1-4H3. The lowest BCUT2D eigenvalue weighted by Gasteiger charge is -2.11. The van der Waals surface area contributed by atoms with Gasteiger partial charge >= 0.3 is 0 Å². The van der Waals surface area contributed by atoms with E-state index in [1.165, 1.54) is 0 Å². The predicted molar refractivity (Wildman–Crippen MR) is 81.8 cm³/mol. The zero-order chi connectivity index (χ0) is 15.0. The van der Waals surface area contributed by atoms with Gasteiger partial charge in [0.25, 0.3) is 0 Å². The van der Waals surface area contributed by atoms with Crippen LogP contribution in [0.4, 0.5) is 0 Å². The number of carbonyl (C=O) groups excluding carboxylic acids is 1. The molecule has 0 aliphatic carbocycles. The number of ether oxygens (including phenoxy) is 2. The van der Waals surface area contributed by atoms with Gasteiger partial charge in [-0.2, -0.15) is 0 Å². The van der Waals surface area contributed by atoms with E-state index in [1.54, 1.807) is 24.3 Å². The fourth-order valence-electron chi connectivity index (χ4n) is 1.93. The molecule has 0 bridgehead atoms. The summed E-state index contributed by atoms with van der Waals surface area (Å²) < 4.78 is 11.0. The highest BCUT2D eigenvalue weighted by atomic mass is 16.5. The third kappa shape index (κ3) is 4.41. The van der Waals surface area contributed by atoms with Crippen LogP contribution in [0.5, 0.6) is 11.5 Å². The van der Waals surface area contributed by atoms with E-state index in [4.69, 9.17) is 9.47 Å². The summed E-state index contributed by atoms with van der Waals surface area (Å²) in [6.45, 7) is 9.08. The van der Waals surface area contributed by atoms with Crippen molar-refractivity contribution in [2.45, 2.75) is 40.5 Å². The summed E-state index contributed by atoms with van der Waals surface area (Å²) in [5.74, 6) is 1.33.